The van der Waals surface area contributed by atoms with E-state index in [1.807, 2.05) is 0 Å². The van der Waals surface area contributed by atoms with Crippen LogP contribution in [0.3, 0.4) is 0 Å². The van der Waals surface area contributed by atoms with Gasteiger partial charge in [0.25, 0.3) is 0 Å². The van der Waals surface area contributed by atoms with Crippen LogP contribution in [0.15, 0.2) is 22.4 Å². The van der Waals surface area contributed by atoms with Gasteiger partial charge in [-0.25, -0.2) is 0 Å². The summed E-state index contributed by atoms with van der Waals surface area (Å²) in [7, 11) is 0. The molecule has 4 heteroatoms. The van der Waals surface area contributed by atoms with E-state index >= 15 is 0 Å². The van der Waals surface area contributed by atoms with Crippen molar-refractivity contribution in [1.29, 1.82) is 0 Å². The second-order valence-electron chi connectivity index (χ2n) is 2.76. The first-order chi connectivity index (χ1) is 5.57. The number of hydrogen-bond acceptors (Lipinski definition) is 1. The highest BCUT2D eigenvalue weighted by atomic mass is 35.5. The number of rotatable bonds is 0. The quantitative estimate of drug-likeness (QED) is 0.456. The Balaban J connectivity index is 3.26. The maximum Gasteiger partial charge on any atom is 0.317 e. The SMILES string of the molecule is CC1=C(Cl)C(=[N+]=[N-])C(C)C=C1O. The van der Waals surface area contributed by atoms with E-state index in [9.17, 15) is 5.11 Å². The van der Waals surface area contributed by atoms with Gasteiger partial charge in [0.05, 0.1) is 5.92 Å². The highest BCUT2D eigenvalue weighted by Gasteiger charge is 2.28. The summed E-state index contributed by atoms with van der Waals surface area (Å²) in [5.74, 6) is 0.00565. The molecule has 0 heterocycles. The summed E-state index contributed by atoms with van der Waals surface area (Å²) in [6, 6.07) is 0. The Morgan fingerprint density at radius 2 is 2.25 bits per heavy atom. The summed E-state index contributed by atoms with van der Waals surface area (Å²) < 4.78 is 0. The van der Waals surface area contributed by atoms with Crippen molar-refractivity contribution in [2.45, 2.75) is 13.8 Å². The minimum atomic E-state index is -0.147. The van der Waals surface area contributed by atoms with Gasteiger partial charge in [-0.05, 0) is 19.9 Å². The predicted octanol–water partition coefficient (Wildman–Crippen LogP) is 2.26. The average Bonchev–Trinajstić information content (AvgIpc) is 2.01. The maximum atomic E-state index is 9.31. The Bertz CT molecular complexity index is 324. The van der Waals surface area contributed by atoms with Gasteiger partial charge in [-0.1, -0.05) is 11.6 Å². The average molecular weight is 185 g/mol. The number of halogens is 1. The summed E-state index contributed by atoms with van der Waals surface area (Å²) in [5.41, 5.74) is 9.53. The summed E-state index contributed by atoms with van der Waals surface area (Å²) >= 11 is 5.81. The molecule has 0 aromatic rings. The fraction of sp³-hybridized carbons (Fsp3) is 0.375. The second-order valence-corrected chi connectivity index (χ2v) is 3.14. The maximum absolute atomic E-state index is 9.31. The van der Waals surface area contributed by atoms with Gasteiger partial charge in [-0.2, -0.15) is 4.79 Å². The minimum Gasteiger partial charge on any atom is -0.508 e. The lowest BCUT2D eigenvalue weighted by molar-refractivity contribution is -0.00931. The van der Waals surface area contributed by atoms with Gasteiger partial charge in [-0.15, -0.1) is 0 Å². The molecule has 0 saturated carbocycles. The molecule has 1 unspecified atom stereocenters. The van der Waals surface area contributed by atoms with E-state index in [2.05, 4.69) is 4.79 Å². The van der Waals surface area contributed by atoms with Gasteiger partial charge in [0.1, 0.15) is 10.8 Å². The molecule has 3 nitrogen and oxygen atoms in total. The van der Waals surface area contributed by atoms with Gasteiger partial charge in [-0.3, -0.25) is 0 Å². The van der Waals surface area contributed by atoms with Crippen LogP contribution in [0.5, 0.6) is 0 Å². The van der Waals surface area contributed by atoms with Crippen LogP contribution in [-0.2, 0) is 0 Å². The zero-order chi connectivity index (χ0) is 9.30. The third-order valence-corrected chi connectivity index (χ3v) is 2.36. The van der Waals surface area contributed by atoms with Crippen LogP contribution in [0.2, 0.25) is 0 Å². The smallest absolute Gasteiger partial charge is 0.317 e. The van der Waals surface area contributed by atoms with E-state index in [0.29, 0.717) is 16.3 Å². The van der Waals surface area contributed by atoms with E-state index in [4.69, 9.17) is 17.1 Å². The van der Waals surface area contributed by atoms with E-state index in [1.165, 1.54) is 0 Å². The molecule has 0 bridgehead atoms. The lowest BCUT2D eigenvalue weighted by Gasteiger charge is -2.11. The molecule has 64 valence electrons. The van der Waals surface area contributed by atoms with Crippen LogP contribution in [-0.4, -0.2) is 15.6 Å². The highest BCUT2D eigenvalue weighted by molar-refractivity contribution is 6.43. The molecule has 1 aliphatic rings. The van der Waals surface area contributed by atoms with Crippen molar-refractivity contribution in [1.82, 2.24) is 0 Å². The standard InChI is InChI=1S/C8H9ClN2O/c1-4-3-6(12)5(2)7(9)8(4)11-10/h3-4,12H,1-2H3. The number of nitrogens with zero attached hydrogens (tertiary/aromatic N) is 2. The van der Waals surface area contributed by atoms with Crippen LogP contribution in [0.25, 0.3) is 5.53 Å². The van der Waals surface area contributed by atoms with Crippen molar-refractivity contribution in [3.63, 3.8) is 0 Å². The molecule has 0 aliphatic heterocycles. The molecule has 0 spiro atoms. The Morgan fingerprint density at radius 3 is 2.75 bits per heavy atom. The molecular weight excluding hydrogens is 176 g/mol. The molecule has 1 N–H and O–H groups in total. The van der Waals surface area contributed by atoms with Crippen molar-refractivity contribution in [2.75, 3.05) is 0 Å². The Labute approximate surface area is 75.6 Å². The molecule has 0 radical (unpaired) electrons. The third kappa shape index (κ3) is 1.29. The Kier molecular flexibility index (Phi) is 2.36. The van der Waals surface area contributed by atoms with Crippen molar-refractivity contribution >= 4 is 17.3 Å². The van der Waals surface area contributed by atoms with Crippen LogP contribution in [0.4, 0.5) is 0 Å². The number of aliphatic hydroxyl groups is 1. The molecule has 0 saturated heterocycles. The van der Waals surface area contributed by atoms with E-state index in [1.54, 1.807) is 19.9 Å². The first-order valence-electron chi connectivity index (χ1n) is 3.57. The monoisotopic (exact) mass is 184 g/mol. The third-order valence-electron chi connectivity index (χ3n) is 1.89. The van der Waals surface area contributed by atoms with Crippen LogP contribution in [0, 0.1) is 5.92 Å². The molecule has 1 rings (SSSR count). The van der Waals surface area contributed by atoms with E-state index < -0.39 is 0 Å². The molecule has 0 aromatic carbocycles. The Morgan fingerprint density at radius 1 is 1.67 bits per heavy atom. The molecule has 12 heavy (non-hydrogen) atoms. The fourth-order valence-electron chi connectivity index (χ4n) is 1.08. The first kappa shape index (κ1) is 9.04. The predicted molar refractivity (Wildman–Crippen MR) is 47.1 cm³/mol. The zero-order valence-corrected chi connectivity index (χ0v) is 7.63. The normalized spacial score (nSPS) is 23.8. The minimum absolute atomic E-state index is 0.147. The molecule has 1 aliphatic carbocycles. The van der Waals surface area contributed by atoms with Gasteiger partial charge in [0, 0.05) is 5.57 Å². The van der Waals surface area contributed by atoms with Crippen molar-refractivity contribution < 1.29 is 9.90 Å². The zero-order valence-electron chi connectivity index (χ0n) is 6.87. The molecular formula is C8H9ClN2O. The van der Waals surface area contributed by atoms with Crippen molar-refractivity contribution in [3.05, 3.63) is 28.0 Å². The van der Waals surface area contributed by atoms with Gasteiger partial charge < -0.3 is 10.6 Å². The van der Waals surface area contributed by atoms with Gasteiger partial charge in [0.2, 0.25) is 0 Å². The molecule has 0 amide bonds. The fourth-order valence-corrected chi connectivity index (χ4v) is 1.39. The summed E-state index contributed by atoms with van der Waals surface area (Å²) in [4.78, 5) is 3.07. The van der Waals surface area contributed by atoms with Crippen LogP contribution >= 0.6 is 11.6 Å². The topological polar surface area (TPSA) is 56.6 Å². The summed E-state index contributed by atoms with van der Waals surface area (Å²) in [6.07, 6.45) is 1.59. The lowest BCUT2D eigenvalue weighted by Crippen LogP contribution is -2.17. The second kappa shape index (κ2) is 3.13. The summed E-state index contributed by atoms with van der Waals surface area (Å²) in [5, 5.41) is 9.64. The van der Waals surface area contributed by atoms with E-state index in [0.717, 1.165) is 0 Å². The number of hydrogen-bond donors (Lipinski definition) is 1. The molecule has 0 aromatic heterocycles. The summed E-state index contributed by atoms with van der Waals surface area (Å²) in [6.45, 7) is 3.46. The van der Waals surface area contributed by atoms with Gasteiger partial charge >= 0.3 is 5.71 Å². The highest BCUT2D eigenvalue weighted by Crippen LogP contribution is 2.26. The molecule has 0 fully saturated rings. The van der Waals surface area contributed by atoms with Crippen LogP contribution in [0.1, 0.15) is 13.8 Å². The molecule has 1 atom stereocenters. The van der Waals surface area contributed by atoms with E-state index in [-0.39, 0.29) is 11.7 Å². The lowest BCUT2D eigenvalue weighted by atomic mass is 9.95. The first-order valence-corrected chi connectivity index (χ1v) is 3.95. The van der Waals surface area contributed by atoms with Crippen molar-refractivity contribution in [2.24, 2.45) is 5.92 Å². The van der Waals surface area contributed by atoms with Crippen molar-refractivity contribution in [3.8, 4) is 0 Å². The van der Waals surface area contributed by atoms with Crippen LogP contribution < -0.4 is 0 Å². The largest absolute Gasteiger partial charge is 0.508 e. The number of allylic oxidation sites excluding steroid dienone is 3. The Hall–Kier alpha value is -1.05. The van der Waals surface area contributed by atoms with Gasteiger partial charge in [0.15, 0.2) is 0 Å². The number of aliphatic hydroxyl groups excluding tert-OH is 1.